The lowest BCUT2D eigenvalue weighted by atomic mass is 10.3. The number of ether oxygens (including phenoxy) is 1. The van der Waals surface area contributed by atoms with Gasteiger partial charge in [-0.2, -0.15) is 5.10 Å². The van der Waals surface area contributed by atoms with Crippen LogP contribution in [0.2, 0.25) is 0 Å². The third-order valence-corrected chi connectivity index (χ3v) is 3.42. The number of aryl methyl sites for hydroxylation is 1. The normalized spacial score (nSPS) is 10.8. The molecule has 0 saturated carbocycles. The zero-order chi connectivity index (χ0) is 16.3. The van der Waals surface area contributed by atoms with Gasteiger partial charge in [0.1, 0.15) is 12.4 Å². The van der Waals surface area contributed by atoms with Crippen LogP contribution in [0, 0.1) is 0 Å². The van der Waals surface area contributed by atoms with Crippen molar-refractivity contribution in [1.82, 2.24) is 20.0 Å². The summed E-state index contributed by atoms with van der Waals surface area (Å²) in [6.45, 7) is 3.15. The summed E-state index contributed by atoms with van der Waals surface area (Å²) < 4.78 is 7.64. The summed E-state index contributed by atoms with van der Waals surface area (Å²) in [4.78, 5) is 6.37. The van der Waals surface area contributed by atoms with Crippen LogP contribution in [0.5, 0.6) is 5.75 Å². The molecule has 0 saturated heterocycles. The minimum Gasteiger partial charge on any atom is -0.492 e. The molecule has 2 aromatic rings. The largest absolute Gasteiger partial charge is 0.492 e. The maximum absolute atomic E-state index is 5.71. The molecule has 0 amide bonds. The first kappa shape index (κ1) is 20.3. The molecule has 24 heavy (non-hydrogen) atoms. The van der Waals surface area contributed by atoms with Crippen LogP contribution >= 0.6 is 24.0 Å². The van der Waals surface area contributed by atoms with Gasteiger partial charge < -0.3 is 15.0 Å². The Bertz CT molecular complexity index is 574. The molecule has 0 aliphatic heterocycles. The summed E-state index contributed by atoms with van der Waals surface area (Å²) in [5, 5.41) is 7.55. The molecule has 0 atom stereocenters. The van der Waals surface area contributed by atoms with E-state index >= 15 is 0 Å². The molecule has 6 nitrogen and oxygen atoms in total. The number of para-hydroxylation sites is 1. The van der Waals surface area contributed by atoms with Crippen LogP contribution in [0.4, 0.5) is 0 Å². The van der Waals surface area contributed by atoms with Gasteiger partial charge in [0, 0.05) is 39.6 Å². The average molecular weight is 443 g/mol. The Hall–Kier alpha value is -1.77. The number of likely N-dealkylation sites (N-methyl/N-ethyl adjacent to an activating group) is 1. The summed E-state index contributed by atoms with van der Waals surface area (Å²) in [6.07, 6.45) is 4.77. The van der Waals surface area contributed by atoms with Crippen molar-refractivity contribution in [2.45, 2.75) is 13.0 Å². The minimum atomic E-state index is 0. The van der Waals surface area contributed by atoms with Gasteiger partial charge in [0.05, 0.1) is 6.54 Å². The molecule has 132 valence electrons. The van der Waals surface area contributed by atoms with Crippen LogP contribution in [0.1, 0.15) is 6.42 Å². The van der Waals surface area contributed by atoms with Gasteiger partial charge in [0.15, 0.2) is 5.96 Å². The fourth-order valence-corrected chi connectivity index (χ4v) is 2.18. The standard InChI is InChI=1S/C17H25N5O.HI/c1-18-17(19-10-6-12-22-13-7-11-20-22)21(2)14-15-23-16-8-4-3-5-9-16;/h3-5,7-9,11,13H,6,10,12,14-15H2,1-2H3,(H,18,19);1H. The summed E-state index contributed by atoms with van der Waals surface area (Å²) in [6, 6.07) is 11.8. The number of hydrogen-bond donors (Lipinski definition) is 1. The van der Waals surface area contributed by atoms with Crippen LogP contribution in [0.3, 0.4) is 0 Å². The van der Waals surface area contributed by atoms with Crippen molar-refractivity contribution >= 4 is 29.9 Å². The second kappa shape index (κ2) is 11.7. The number of hydrogen-bond acceptors (Lipinski definition) is 3. The molecule has 1 aromatic carbocycles. The molecule has 0 fully saturated rings. The molecule has 0 aliphatic rings. The Labute approximate surface area is 160 Å². The first-order valence-corrected chi connectivity index (χ1v) is 7.86. The van der Waals surface area contributed by atoms with Crippen LogP contribution in [0.25, 0.3) is 0 Å². The van der Waals surface area contributed by atoms with E-state index in [1.54, 1.807) is 13.2 Å². The SMILES string of the molecule is CN=C(NCCCn1cccn1)N(C)CCOc1ccccc1.I. The van der Waals surface area contributed by atoms with E-state index in [4.69, 9.17) is 4.74 Å². The molecule has 1 aromatic heterocycles. The summed E-state index contributed by atoms with van der Waals surface area (Å²) in [7, 11) is 3.81. The maximum atomic E-state index is 5.71. The fourth-order valence-electron chi connectivity index (χ4n) is 2.18. The van der Waals surface area contributed by atoms with Crippen molar-refractivity contribution in [3.8, 4) is 5.75 Å². The zero-order valence-corrected chi connectivity index (χ0v) is 16.6. The van der Waals surface area contributed by atoms with Gasteiger partial charge in [0.25, 0.3) is 0 Å². The topological polar surface area (TPSA) is 54.7 Å². The van der Waals surface area contributed by atoms with E-state index in [9.17, 15) is 0 Å². The lowest BCUT2D eigenvalue weighted by molar-refractivity contribution is 0.281. The van der Waals surface area contributed by atoms with Crippen molar-refractivity contribution in [2.75, 3.05) is 33.8 Å². The highest BCUT2D eigenvalue weighted by atomic mass is 127. The van der Waals surface area contributed by atoms with Gasteiger partial charge in [-0.1, -0.05) is 18.2 Å². The predicted molar refractivity (Wildman–Crippen MR) is 108 cm³/mol. The third kappa shape index (κ3) is 7.20. The monoisotopic (exact) mass is 443 g/mol. The number of aliphatic imine (C=N–C) groups is 1. The average Bonchev–Trinajstić information content (AvgIpc) is 3.09. The molecular weight excluding hydrogens is 417 g/mol. The molecule has 1 heterocycles. The number of aromatic nitrogens is 2. The highest BCUT2D eigenvalue weighted by Gasteiger charge is 2.05. The number of guanidine groups is 1. The summed E-state index contributed by atoms with van der Waals surface area (Å²) in [5.74, 6) is 1.77. The second-order valence-electron chi connectivity index (χ2n) is 5.18. The molecular formula is C17H26IN5O. The second-order valence-corrected chi connectivity index (χ2v) is 5.18. The van der Waals surface area contributed by atoms with Gasteiger partial charge in [-0.3, -0.25) is 9.67 Å². The lowest BCUT2D eigenvalue weighted by Gasteiger charge is -2.22. The molecule has 0 unspecified atom stereocenters. The van der Waals surface area contributed by atoms with E-state index in [-0.39, 0.29) is 24.0 Å². The first-order chi connectivity index (χ1) is 11.3. The van der Waals surface area contributed by atoms with E-state index in [1.807, 2.05) is 54.3 Å². The molecule has 2 rings (SSSR count). The van der Waals surface area contributed by atoms with Gasteiger partial charge in [-0.25, -0.2) is 0 Å². The van der Waals surface area contributed by atoms with Gasteiger partial charge in [-0.15, -0.1) is 24.0 Å². The minimum absolute atomic E-state index is 0. The van der Waals surface area contributed by atoms with Crippen molar-refractivity contribution in [3.05, 3.63) is 48.8 Å². The first-order valence-electron chi connectivity index (χ1n) is 7.86. The van der Waals surface area contributed by atoms with Crippen molar-refractivity contribution in [1.29, 1.82) is 0 Å². The lowest BCUT2D eigenvalue weighted by Crippen LogP contribution is -2.41. The number of halogens is 1. The third-order valence-electron chi connectivity index (χ3n) is 3.42. The van der Waals surface area contributed by atoms with Gasteiger partial charge in [-0.05, 0) is 24.6 Å². The van der Waals surface area contributed by atoms with Crippen LogP contribution in [0.15, 0.2) is 53.8 Å². The molecule has 0 spiro atoms. The summed E-state index contributed by atoms with van der Waals surface area (Å²) >= 11 is 0. The van der Waals surface area contributed by atoms with Gasteiger partial charge in [0.2, 0.25) is 0 Å². The Morgan fingerprint density at radius 3 is 2.75 bits per heavy atom. The number of rotatable bonds is 8. The maximum Gasteiger partial charge on any atom is 0.193 e. The zero-order valence-electron chi connectivity index (χ0n) is 14.3. The number of nitrogens with one attached hydrogen (secondary N) is 1. The Morgan fingerprint density at radius 2 is 2.08 bits per heavy atom. The van der Waals surface area contributed by atoms with E-state index in [0.29, 0.717) is 6.61 Å². The summed E-state index contributed by atoms with van der Waals surface area (Å²) in [5.41, 5.74) is 0. The van der Waals surface area contributed by atoms with Gasteiger partial charge >= 0.3 is 0 Å². The van der Waals surface area contributed by atoms with Crippen molar-refractivity contribution in [2.24, 2.45) is 4.99 Å². The van der Waals surface area contributed by atoms with E-state index in [1.165, 1.54) is 0 Å². The quantitative estimate of drug-likeness (QED) is 0.295. The molecule has 0 bridgehead atoms. The fraction of sp³-hybridized carbons (Fsp3) is 0.412. The Kier molecular flexibility index (Phi) is 9.90. The molecule has 0 radical (unpaired) electrons. The predicted octanol–water partition coefficient (Wildman–Crippen LogP) is 2.48. The van der Waals surface area contributed by atoms with E-state index in [2.05, 4.69) is 20.3 Å². The highest BCUT2D eigenvalue weighted by Crippen LogP contribution is 2.07. The van der Waals surface area contributed by atoms with Crippen LogP contribution in [-0.4, -0.2) is 54.4 Å². The van der Waals surface area contributed by atoms with Crippen molar-refractivity contribution in [3.63, 3.8) is 0 Å². The highest BCUT2D eigenvalue weighted by molar-refractivity contribution is 14.0. The molecule has 1 N–H and O–H groups in total. The molecule has 0 aliphatic carbocycles. The number of benzene rings is 1. The number of nitrogens with zero attached hydrogens (tertiary/aromatic N) is 4. The van der Waals surface area contributed by atoms with Crippen molar-refractivity contribution < 1.29 is 4.74 Å². The Balaban J connectivity index is 0.00000288. The smallest absolute Gasteiger partial charge is 0.193 e. The van der Waals surface area contributed by atoms with Crippen LogP contribution < -0.4 is 10.1 Å². The van der Waals surface area contributed by atoms with E-state index in [0.717, 1.165) is 37.8 Å². The van der Waals surface area contributed by atoms with Crippen LogP contribution in [-0.2, 0) is 6.54 Å². The van der Waals surface area contributed by atoms with E-state index < -0.39 is 0 Å². The molecule has 7 heteroatoms. The Morgan fingerprint density at radius 1 is 1.29 bits per heavy atom.